The van der Waals surface area contributed by atoms with Crippen LogP contribution in [-0.2, 0) is 7.05 Å². The summed E-state index contributed by atoms with van der Waals surface area (Å²) < 4.78 is 1.63. The van der Waals surface area contributed by atoms with Gasteiger partial charge in [-0.15, -0.1) is 6.42 Å². The monoisotopic (exact) mass is 163 g/mol. The average molecular weight is 163 g/mol. The van der Waals surface area contributed by atoms with E-state index in [4.69, 9.17) is 6.42 Å². The van der Waals surface area contributed by atoms with Crippen LogP contribution in [0.15, 0.2) is 12.4 Å². The van der Waals surface area contributed by atoms with Crippen molar-refractivity contribution in [1.82, 2.24) is 14.9 Å². The average Bonchev–Trinajstić information content (AvgIpc) is 2.47. The second kappa shape index (κ2) is 3.58. The summed E-state index contributed by atoms with van der Waals surface area (Å²) in [5.41, 5.74) is 0. The third-order valence-corrected chi connectivity index (χ3v) is 1.38. The molecule has 12 heavy (non-hydrogen) atoms. The van der Waals surface area contributed by atoms with Crippen LogP contribution in [-0.4, -0.2) is 22.0 Å². The summed E-state index contributed by atoms with van der Waals surface area (Å²) in [7, 11) is 1.75. The van der Waals surface area contributed by atoms with Crippen LogP contribution in [0.1, 0.15) is 10.6 Å². The van der Waals surface area contributed by atoms with Gasteiger partial charge in [-0.05, 0) is 0 Å². The quantitative estimate of drug-likeness (QED) is 0.613. The Morgan fingerprint density at radius 2 is 2.67 bits per heavy atom. The Morgan fingerprint density at radius 3 is 3.17 bits per heavy atom. The largest absolute Gasteiger partial charge is 0.338 e. The van der Waals surface area contributed by atoms with Gasteiger partial charge in [0, 0.05) is 19.4 Å². The number of imidazole rings is 1. The van der Waals surface area contributed by atoms with Crippen LogP contribution in [0.3, 0.4) is 0 Å². The van der Waals surface area contributed by atoms with Crippen molar-refractivity contribution in [3.8, 4) is 12.3 Å². The van der Waals surface area contributed by atoms with Gasteiger partial charge in [-0.2, -0.15) is 0 Å². The fraction of sp³-hybridized carbons (Fsp3) is 0.250. The van der Waals surface area contributed by atoms with Gasteiger partial charge in [0.1, 0.15) is 0 Å². The van der Waals surface area contributed by atoms with E-state index >= 15 is 0 Å². The Labute approximate surface area is 70.6 Å². The zero-order valence-corrected chi connectivity index (χ0v) is 6.74. The first-order valence-electron chi connectivity index (χ1n) is 3.44. The van der Waals surface area contributed by atoms with Crippen molar-refractivity contribution in [2.45, 2.75) is 0 Å². The molecule has 0 radical (unpaired) electrons. The molecule has 4 nitrogen and oxygen atoms in total. The molecule has 1 N–H and O–H groups in total. The van der Waals surface area contributed by atoms with Crippen molar-refractivity contribution in [1.29, 1.82) is 0 Å². The number of hydrogen-bond acceptors (Lipinski definition) is 2. The van der Waals surface area contributed by atoms with Crippen molar-refractivity contribution in [2.24, 2.45) is 7.05 Å². The van der Waals surface area contributed by atoms with E-state index in [1.54, 1.807) is 24.0 Å². The zero-order chi connectivity index (χ0) is 8.97. The van der Waals surface area contributed by atoms with Crippen molar-refractivity contribution in [3.05, 3.63) is 18.2 Å². The Morgan fingerprint density at radius 1 is 1.92 bits per heavy atom. The molecule has 1 rings (SSSR count). The van der Waals surface area contributed by atoms with Crippen molar-refractivity contribution >= 4 is 5.91 Å². The lowest BCUT2D eigenvalue weighted by Gasteiger charge is -1.99. The molecule has 0 fully saturated rings. The molecule has 1 amide bonds. The highest BCUT2D eigenvalue weighted by Gasteiger charge is 2.08. The molecule has 0 saturated heterocycles. The molecule has 0 saturated carbocycles. The number of terminal acetylenes is 1. The van der Waals surface area contributed by atoms with Gasteiger partial charge < -0.3 is 9.88 Å². The van der Waals surface area contributed by atoms with E-state index in [9.17, 15) is 4.79 Å². The first-order valence-corrected chi connectivity index (χ1v) is 3.44. The minimum atomic E-state index is -0.250. The minimum Gasteiger partial charge on any atom is -0.338 e. The third kappa shape index (κ3) is 1.64. The van der Waals surface area contributed by atoms with Gasteiger partial charge in [0.05, 0.1) is 6.54 Å². The molecule has 0 spiro atoms. The van der Waals surface area contributed by atoms with E-state index in [1.165, 1.54) is 0 Å². The van der Waals surface area contributed by atoms with Crippen molar-refractivity contribution in [3.63, 3.8) is 0 Å². The molecule has 4 heteroatoms. The molecule has 0 aromatic carbocycles. The number of aryl methyl sites for hydroxylation is 1. The Hall–Kier alpha value is -1.76. The SMILES string of the molecule is C#CCNC(=O)c1nccn1C. The summed E-state index contributed by atoms with van der Waals surface area (Å²) >= 11 is 0. The molecule has 0 bridgehead atoms. The molecule has 0 aliphatic rings. The molecular weight excluding hydrogens is 154 g/mol. The summed E-state index contributed by atoms with van der Waals surface area (Å²) in [6, 6.07) is 0. The highest BCUT2D eigenvalue weighted by molar-refractivity contribution is 5.90. The number of nitrogens with zero attached hydrogens (tertiary/aromatic N) is 2. The van der Waals surface area contributed by atoms with Crippen LogP contribution in [0, 0.1) is 12.3 Å². The van der Waals surface area contributed by atoms with Crippen LogP contribution in [0.5, 0.6) is 0 Å². The van der Waals surface area contributed by atoms with Gasteiger partial charge in [0.15, 0.2) is 5.82 Å². The number of nitrogens with one attached hydrogen (secondary N) is 1. The van der Waals surface area contributed by atoms with Crippen LogP contribution >= 0.6 is 0 Å². The molecule has 0 atom stereocenters. The Kier molecular flexibility index (Phi) is 2.49. The van der Waals surface area contributed by atoms with Gasteiger partial charge in [-0.1, -0.05) is 5.92 Å². The molecule has 1 heterocycles. The Balaban J connectivity index is 2.67. The smallest absolute Gasteiger partial charge is 0.288 e. The second-order valence-electron chi connectivity index (χ2n) is 2.25. The van der Waals surface area contributed by atoms with Gasteiger partial charge in [-0.3, -0.25) is 4.79 Å². The number of amides is 1. The predicted molar refractivity (Wildman–Crippen MR) is 44.4 cm³/mol. The fourth-order valence-electron chi connectivity index (χ4n) is 0.795. The van der Waals surface area contributed by atoms with Gasteiger partial charge in [0.2, 0.25) is 0 Å². The maximum absolute atomic E-state index is 11.2. The van der Waals surface area contributed by atoms with Crippen LogP contribution in [0.25, 0.3) is 0 Å². The molecule has 1 aromatic rings. The molecule has 62 valence electrons. The minimum absolute atomic E-state index is 0.228. The fourth-order valence-corrected chi connectivity index (χ4v) is 0.795. The highest BCUT2D eigenvalue weighted by atomic mass is 16.2. The van der Waals surface area contributed by atoms with Crippen molar-refractivity contribution < 1.29 is 4.79 Å². The zero-order valence-electron chi connectivity index (χ0n) is 6.74. The summed E-state index contributed by atoms with van der Waals surface area (Å²) in [4.78, 5) is 15.0. The van der Waals surface area contributed by atoms with Crippen LogP contribution in [0.2, 0.25) is 0 Å². The molecular formula is C8H9N3O. The number of hydrogen-bond donors (Lipinski definition) is 1. The summed E-state index contributed by atoms with van der Waals surface area (Å²) in [6.07, 6.45) is 8.24. The van der Waals surface area contributed by atoms with E-state index < -0.39 is 0 Å². The second-order valence-corrected chi connectivity index (χ2v) is 2.25. The molecule has 0 aliphatic carbocycles. The summed E-state index contributed by atoms with van der Waals surface area (Å²) in [5, 5.41) is 2.52. The Bertz CT molecular complexity index is 321. The van der Waals surface area contributed by atoms with Gasteiger partial charge in [0.25, 0.3) is 5.91 Å². The normalized spacial score (nSPS) is 9.00. The molecule has 0 unspecified atom stereocenters. The topological polar surface area (TPSA) is 46.9 Å². The molecule has 1 aromatic heterocycles. The highest BCUT2D eigenvalue weighted by Crippen LogP contribution is 1.92. The van der Waals surface area contributed by atoms with Crippen LogP contribution < -0.4 is 5.32 Å². The lowest BCUT2D eigenvalue weighted by Crippen LogP contribution is -2.26. The van der Waals surface area contributed by atoms with Crippen LogP contribution in [0.4, 0.5) is 0 Å². The van der Waals surface area contributed by atoms with Gasteiger partial charge in [-0.25, -0.2) is 4.98 Å². The van der Waals surface area contributed by atoms with E-state index in [-0.39, 0.29) is 12.5 Å². The lowest BCUT2D eigenvalue weighted by atomic mass is 10.5. The molecule has 0 aliphatic heterocycles. The number of carbonyl (C=O) groups excluding carboxylic acids is 1. The first-order chi connectivity index (χ1) is 5.75. The van der Waals surface area contributed by atoms with E-state index in [1.807, 2.05) is 0 Å². The standard InChI is InChI=1S/C8H9N3O/c1-3-4-10-8(12)7-9-5-6-11(7)2/h1,5-6H,4H2,2H3,(H,10,12). The van der Waals surface area contributed by atoms with E-state index in [2.05, 4.69) is 16.2 Å². The maximum atomic E-state index is 11.2. The number of carbonyl (C=O) groups is 1. The third-order valence-electron chi connectivity index (χ3n) is 1.38. The summed E-state index contributed by atoms with van der Waals surface area (Å²) in [5.74, 6) is 2.43. The maximum Gasteiger partial charge on any atom is 0.288 e. The number of rotatable bonds is 2. The van der Waals surface area contributed by atoms with Crippen molar-refractivity contribution in [2.75, 3.05) is 6.54 Å². The van der Waals surface area contributed by atoms with Gasteiger partial charge >= 0.3 is 0 Å². The lowest BCUT2D eigenvalue weighted by molar-refractivity contribution is 0.0945. The predicted octanol–water partition coefficient (Wildman–Crippen LogP) is -0.217. The van der Waals surface area contributed by atoms with E-state index in [0.717, 1.165) is 0 Å². The first kappa shape index (κ1) is 8.34. The summed E-state index contributed by atoms with van der Waals surface area (Å²) in [6.45, 7) is 0.228. The number of aromatic nitrogens is 2. The van der Waals surface area contributed by atoms with E-state index in [0.29, 0.717) is 5.82 Å².